The Bertz CT molecular complexity index is 359. The zero-order valence-electron chi connectivity index (χ0n) is 15.3. The van der Waals surface area contributed by atoms with Crippen molar-refractivity contribution in [2.45, 2.75) is 65.0 Å². The van der Waals surface area contributed by atoms with Gasteiger partial charge in [0.15, 0.2) is 5.96 Å². The van der Waals surface area contributed by atoms with E-state index in [0.29, 0.717) is 6.04 Å². The molecule has 134 valence electrons. The monoisotopic (exact) mass is 324 g/mol. The largest absolute Gasteiger partial charge is 0.373 e. The number of guanidine groups is 1. The fraction of sp³-hybridized carbons (Fsp3) is 0.944. The van der Waals surface area contributed by atoms with Crippen molar-refractivity contribution in [2.75, 3.05) is 39.3 Å². The van der Waals surface area contributed by atoms with Crippen molar-refractivity contribution in [3.05, 3.63) is 0 Å². The molecule has 2 fully saturated rings. The van der Waals surface area contributed by atoms with E-state index >= 15 is 0 Å². The molecule has 2 saturated heterocycles. The van der Waals surface area contributed by atoms with Crippen LogP contribution in [0.1, 0.15) is 52.9 Å². The highest BCUT2D eigenvalue weighted by molar-refractivity contribution is 5.79. The van der Waals surface area contributed by atoms with E-state index in [0.717, 1.165) is 44.7 Å². The summed E-state index contributed by atoms with van der Waals surface area (Å²) in [6.45, 7) is 12.5. The Morgan fingerprint density at radius 2 is 2.17 bits per heavy atom. The molecule has 2 heterocycles. The second kappa shape index (κ2) is 10.1. The van der Waals surface area contributed by atoms with Crippen molar-refractivity contribution < 1.29 is 4.74 Å². The molecule has 0 spiro atoms. The summed E-state index contributed by atoms with van der Waals surface area (Å²) in [5.74, 6) is 1.74. The summed E-state index contributed by atoms with van der Waals surface area (Å²) < 4.78 is 5.99. The molecular weight excluding hydrogens is 288 g/mol. The Morgan fingerprint density at radius 1 is 1.30 bits per heavy atom. The van der Waals surface area contributed by atoms with Crippen LogP contribution < -0.4 is 10.6 Å². The van der Waals surface area contributed by atoms with Crippen molar-refractivity contribution in [2.24, 2.45) is 10.9 Å². The molecule has 2 aliphatic rings. The second-order valence-corrected chi connectivity index (χ2v) is 7.28. The number of ether oxygens (including phenoxy) is 1. The summed E-state index contributed by atoms with van der Waals surface area (Å²) in [6.07, 6.45) is 6.67. The van der Waals surface area contributed by atoms with Gasteiger partial charge in [0.2, 0.25) is 0 Å². The Kier molecular flexibility index (Phi) is 8.17. The van der Waals surface area contributed by atoms with E-state index in [1.807, 2.05) is 0 Å². The van der Waals surface area contributed by atoms with Gasteiger partial charge in [-0.15, -0.1) is 0 Å². The van der Waals surface area contributed by atoms with Crippen molar-refractivity contribution in [3.8, 4) is 0 Å². The van der Waals surface area contributed by atoms with Crippen LogP contribution in [-0.4, -0.2) is 62.3 Å². The second-order valence-electron chi connectivity index (χ2n) is 7.28. The van der Waals surface area contributed by atoms with E-state index in [1.165, 1.54) is 38.6 Å². The van der Waals surface area contributed by atoms with Crippen LogP contribution in [-0.2, 0) is 4.74 Å². The topological polar surface area (TPSA) is 48.9 Å². The van der Waals surface area contributed by atoms with Crippen LogP contribution in [0.25, 0.3) is 0 Å². The van der Waals surface area contributed by atoms with Crippen LogP contribution in [0, 0.1) is 5.92 Å². The molecule has 2 aliphatic heterocycles. The SMILES string of the molecule is CCNC(=NCC1CN2CCCC2CO1)NCCCCC(C)C. The highest BCUT2D eigenvalue weighted by Crippen LogP contribution is 2.22. The summed E-state index contributed by atoms with van der Waals surface area (Å²) in [7, 11) is 0. The maximum atomic E-state index is 5.99. The number of nitrogens with one attached hydrogen (secondary N) is 2. The van der Waals surface area contributed by atoms with E-state index in [2.05, 4.69) is 36.3 Å². The quantitative estimate of drug-likeness (QED) is 0.408. The van der Waals surface area contributed by atoms with Crippen molar-refractivity contribution in [1.29, 1.82) is 0 Å². The van der Waals surface area contributed by atoms with Crippen molar-refractivity contribution in [3.63, 3.8) is 0 Å². The van der Waals surface area contributed by atoms with Gasteiger partial charge >= 0.3 is 0 Å². The van der Waals surface area contributed by atoms with Gasteiger partial charge in [0.05, 0.1) is 19.3 Å². The summed E-state index contributed by atoms with van der Waals surface area (Å²) in [5.41, 5.74) is 0. The first-order chi connectivity index (χ1) is 11.2. The lowest BCUT2D eigenvalue weighted by molar-refractivity contribution is -0.0432. The van der Waals surface area contributed by atoms with Gasteiger partial charge in [-0.25, -0.2) is 0 Å². The van der Waals surface area contributed by atoms with Crippen LogP contribution in [0.4, 0.5) is 0 Å². The summed E-state index contributed by atoms with van der Waals surface area (Å²) in [4.78, 5) is 7.31. The molecule has 0 radical (unpaired) electrons. The number of hydrogen-bond acceptors (Lipinski definition) is 3. The van der Waals surface area contributed by atoms with E-state index in [-0.39, 0.29) is 6.10 Å². The zero-order valence-corrected chi connectivity index (χ0v) is 15.3. The van der Waals surface area contributed by atoms with Crippen LogP contribution in [0.3, 0.4) is 0 Å². The predicted octanol–water partition coefficient (Wildman–Crippen LogP) is 2.23. The smallest absolute Gasteiger partial charge is 0.191 e. The maximum absolute atomic E-state index is 5.99. The summed E-state index contributed by atoms with van der Waals surface area (Å²) >= 11 is 0. The van der Waals surface area contributed by atoms with Crippen molar-refractivity contribution >= 4 is 5.96 Å². The molecular formula is C18H36N4O. The molecule has 5 heteroatoms. The van der Waals surface area contributed by atoms with E-state index < -0.39 is 0 Å². The molecule has 0 aromatic rings. The third-order valence-electron chi connectivity index (χ3n) is 4.76. The number of hydrogen-bond donors (Lipinski definition) is 2. The Morgan fingerprint density at radius 3 is 2.96 bits per heavy atom. The highest BCUT2D eigenvalue weighted by atomic mass is 16.5. The first kappa shape index (κ1) is 18.5. The van der Waals surface area contributed by atoms with Gasteiger partial charge in [-0.05, 0) is 38.6 Å². The lowest BCUT2D eigenvalue weighted by Crippen LogP contribution is -2.47. The molecule has 0 amide bonds. The van der Waals surface area contributed by atoms with E-state index in [9.17, 15) is 0 Å². The molecule has 2 atom stereocenters. The first-order valence-corrected chi connectivity index (χ1v) is 9.57. The number of rotatable bonds is 8. The molecule has 2 unspecified atom stereocenters. The van der Waals surface area contributed by atoms with Gasteiger partial charge in [-0.1, -0.05) is 26.7 Å². The molecule has 0 aromatic carbocycles. The van der Waals surface area contributed by atoms with Gasteiger partial charge in [0.1, 0.15) is 0 Å². The van der Waals surface area contributed by atoms with Crippen LogP contribution in [0.5, 0.6) is 0 Å². The first-order valence-electron chi connectivity index (χ1n) is 9.57. The number of morpholine rings is 1. The Labute approximate surface area is 142 Å². The Hall–Kier alpha value is -0.810. The highest BCUT2D eigenvalue weighted by Gasteiger charge is 2.31. The molecule has 23 heavy (non-hydrogen) atoms. The number of unbranched alkanes of at least 4 members (excludes halogenated alkanes) is 1. The number of nitrogens with zero attached hydrogens (tertiary/aromatic N) is 2. The molecule has 0 aromatic heterocycles. The minimum Gasteiger partial charge on any atom is -0.373 e. The zero-order chi connectivity index (χ0) is 16.5. The lowest BCUT2D eigenvalue weighted by atomic mass is 10.1. The molecule has 0 saturated carbocycles. The fourth-order valence-electron chi connectivity index (χ4n) is 3.42. The van der Waals surface area contributed by atoms with Gasteiger partial charge in [-0.3, -0.25) is 9.89 Å². The van der Waals surface area contributed by atoms with Gasteiger partial charge in [0, 0.05) is 25.7 Å². The average Bonchev–Trinajstić information content (AvgIpc) is 2.99. The Balaban J connectivity index is 1.68. The van der Waals surface area contributed by atoms with Gasteiger partial charge in [0.25, 0.3) is 0 Å². The maximum Gasteiger partial charge on any atom is 0.191 e. The van der Waals surface area contributed by atoms with Gasteiger partial charge in [-0.2, -0.15) is 0 Å². The van der Waals surface area contributed by atoms with Crippen LogP contribution in [0.15, 0.2) is 4.99 Å². The minimum atomic E-state index is 0.251. The van der Waals surface area contributed by atoms with Gasteiger partial charge < -0.3 is 15.4 Å². The molecule has 2 N–H and O–H groups in total. The number of aliphatic imine (C=N–C) groups is 1. The number of fused-ring (bicyclic) bond motifs is 1. The van der Waals surface area contributed by atoms with E-state index in [4.69, 9.17) is 9.73 Å². The molecule has 5 nitrogen and oxygen atoms in total. The average molecular weight is 325 g/mol. The molecule has 0 aliphatic carbocycles. The third-order valence-corrected chi connectivity index (χ3v) is 4.76. The standard InChI is InChI=1S/C18H36N4O/c1-4-19-18(20-10-6-5-8-15(2)3)21-12-17-13-22-11-7-9-16(22)14-23-17/h15-17H,4-14H2,1-3H3,(H2,19,20,21). The normalized spacial score (nSPS) is 25.7. The predicted molar refractivity (Wildman–Crippen MR) is 97.0 cm³/mol. The van der Waals surface area contributed by atoms with Crippen LogP contribution in [0.2, 0.25) is 0 Å². The van der Waals surface area contributed by atoms with Crippen LogP contribution >= 0.6 is 0 Å². The fourth-order valence-corrected chi connectivity index (χ4v) is 3.42. The van der Waals surface area contributed by atoms with Crippen molar-refractivity contribution in [1.82, 2.24) is 15.5 Å². The van der Waals surface area contributed by atoms with E-state index in [1.54, 1.807) is 0 Å². The third kappa shape index (κ3) is 6.68. The lowest BCUT2D eigenvalue weighted by Gasteiger charge is -2.34. The summed E-state index contributed by atoms with van der Waals surface area (Å²) in [5, 5.41) is 6.79. The molecule has 2 rings (SSSR count). The molecule has 0 bridgehead atoms. The summed E-state index contributed by atoms with van der Waals surface area (Å²) in [6, 6.07) is 0.669. The minimum absolute atomic E-state index is 0.251.